The number of ketones is 1. The van der Waals surface area contributed by atoms with E-state index in [9.17, 15) is 9.59 Å². The summed E-state index contributed by atoms with van der Waals surface area (Å²) in [6.45, 7) is 8.46. The number of amides is 1. The number of Topliss-reactive ketones (excluding diaryl/α,β-unsaturated/α-hetero) is 1. The lowest BCUT2D eigenvalue weighted by molar-refractivity contribution is 0.101. The van der Waals surface area contributed by atoms with Crippen molar-refractivity contribution in [2.45, 2.75) is 40.2 Å². The molecule has 0 heterocycles. The molecule has 0 saturated carbocycles. The minimum atomic E-state index is -0.266. The summed E-state index contributed by atoms with van der Waals surface area (Å²) in [7, 11) is 0. The average molecular weight is 432 g/mol. The van der Waals surface area contributed by atoms with Crippen LogP contribution >= 0.6 is 0 Å². The second kappa shape index (κ2) is 10.6. The van der Waals surface area contributed by atoms with Gasteiger partial charge in [0, 0.05) is 22.4 Å². The second-order valence-corrected chi connectivity index (χ2v) is 7.83. The van der Waals surface area contributed by atoms with Crippen LogP contribution in [0.4, 0.5) is 5.69 Å². The highest BCUT2D eigenvalue weighted by atomic mass is 16.5. The summed E-state index contributed by atoms with van der Waals surface area (Å²) < 4.78 is 11.9. The maximum Gasteiger partial charge on any atom is 0.255 e. The Balaban J connectivity index is 1.82. The molecular formula is C27H29NO4. The van der Waals surface area contributed by atoms with E-state index in [0.29, 0.717) is 35.1 Å². The molecule has 3 rings (SSSR count). The zero-order chi connectivity index (χ0) is 23.1. The molecule has 3 aromatic carbocycles. The zero-order valence-corrected chi connectivity index (χ0v) is 19.0. The van der Waals surface area contributed by atoms with Gasteiger partial charge in [0.2, 0.25) is 0 Å². The van der Waals surface area contributed by atoms with Gasteiger partial charge in [0.05, 0.1) is 6.61 Å². The maximum atomic E-state index is 12.9. The summed E-state index contributed by atoms with van der Waals surface area (Å²) in [5.41, 5.74) is 3.52. The lowest BCUT2D eigenvalue weighted by atomic mass is 10.0. The highest BCUT2D eigenvalue weighted by molar-refractivity contribution is 6.05. The van der Waals surface area contributed by atoms with Crippen LogP contribution in [0.1, 0.15) is 65.5 Å². The largest absolute Gasteiger partial charge is 0.493 e. The van der Waals surface area contributed by atoms with E-state index < -0.39 is 0 Å². The molecule has 0 aromatic heterocycles. The Kier molecular flexibility index (Phi) is 7.66. The van der Waals surface area contributed by atoms with Gasteiger partial charge in [-0.25, -0.2) is 0 Å². The predicted octanol–water partition coefficient (Wildman–Crippen LogP) is 6.24. The van der Waals surface area contributed by atoms with Crippen molar-refractivity contribution >= 4 is 17.4 Å². The van der Waals surface area contributed by atoms with Gasteiger partial charge in [0.15, 0.2) is 5.78 Å². The first-order chi connectivity index (χ1) is 15.4. The molecule has 166 valence electrons. The van der Waals surface area contributed by atoms with Crippen molar-refractivity contribution in [2.24, 2.45) is 0 Å². The van der Waals surface area contributed by atoms with Crippen LogP contribution in [0.5, 0.6) is 11.5 Å². The molecule has 0 aliphatic heterocycles. The Labute approximate surface area is 189 Å². The molecule has 0 saturated heterocycles. The number of nitrogens with one attached hydrogen (secondary N) is 1. The smallest absolute Gasteiger partial charge is 0.255 e. The van der Waals surface area contributed by atoms with Crippen molar-refractivity contribution < 1.29 is 19.1 Å². The van der Waals surface area contributed by atoms with Crippen LogP contribution in [0.15, 0.2) is 66.7 Å². The molecule has 1 amide bonds. The molecule has 0 spiro atoms. The number of carbonyl (C=O) groups is 2. The highest BCUT2D eigenvalue weighted by Crippen LogP contribution is 2.28. The summed E-state index contributed by atoms with van der Waals surface area (Å²) in [4.78, 5) is 24.5. The van der Waals surface area contributed by atoms with Crippen molar-refractivity contribution in [1.29, 1.82) is 0 Å². The number of carbonyl (C=O) groups excluding carboxylic acids is 2. The molecule has 32 heavy (non-hydrogen) atoms. The number of para-hydroxylation sites is 1. The fraction of sp³-hybridized carbons (Fsp3) is 0.259. The van der Waals surface area contributed by atoms with Gasteiger partial charge in [-0.3, -0.25) is 9.59 Å². The molecule has 0 atom stereocenters. The van der Waals surface area contributed by atoms with Gasteiger partial charge in [0.25, 0.3) is 5.91 Å². The molecule has 0 bridgehead atoms. The third-order valence-electron chi connectivity index (χ3n) is 5.07. The van der Waals surface area contributed by atoms with Crippen LogP contribution in [0.2, 0.25) is 0 Å². The number of anilines is 1. The molecule has 0 unspecified atom stereocenters. The molecule has 0 aliphatic carbocycles. The van der Waals surface area contributed by atoms with E-state index in [4.69, 9.17) is 9.47 Å². The summed E-state index contributed by atoms with van der Waals surface area (Å²) >= 11 is 0. The lowest BCUT2D eigenvalue weighted by Gasteiger charge is -2.16. The van der Waals surface area contributed by atoms with Gasteiger partial charge in [0.1, 0.15) is 18.1 Å². The van der Waals surface area contributed by atoms with E-state index in [2.05, 4.69) is 25.2 Å². The number of ether oxygens (including phenoxy) is 2. The predicted molar refractivity (Wildman–Crippen MR) is 127 cm³/mol. The van der Waals surface area contributed by atoms with Gasteiger partial charge in [-0.2, -0.15) is 0 Å². The van der Waals surface area contributed by atoms with Crippen molar-refractivity contribution in [3.63, 3.8) is 0 Å². The molecule has 1 N–H and O–H groups in total. The van der Waals surface area contributed by atoms with Gasteiger partial charge in [-0.1, -0.05) is 44.2 Å². The van der Waals surface area contributed by atoms with Gasteiger partial charge in [-0.15, -0.1) is 0 Å². The number of hydrogen-bond donors (Lipinski definition) is 1. The highest BCUT2D eigenvalue weighted by Gasteiger charge is 2.14. The molecule has 0 radical (unpaired) electrons. The van der Waals surface area contributed by atoms with Crippen LogP contribution in [-0.2, 0) is 6.61 Å². The fourth-order valence-corrected chi connectivity index (χ4v) is 3.39. The van der Waals surface area contributed by atoms with Crippen LogP contribution in [-0.4, -0.2) is 18.3 Å². The van der Waals surface area contributed by atoms with E-state index >= 15 is 0 Å². The Morgan fingerprint density at radius 1 is 0.875 bits per heavy atom. The summed E-state index contributed by atoms with van der Waals surface area (Å²) in [5.74, 6) is 1.52. The Bertz CT molecular complexity index is 1100. The van der Waals surface area contributed by atoms with Crippen molar-refractivity contribution in [1.82, 2.24) is 0 Å². The molecule has 5 nitrogen and oxygen atoms in total. The van der Waals surface area contributed by atoms with Gasteiger partial charge >= 0.3 is 0 Å². The normalized spacial score (nSPS) is 10.7. The first kappa shape index (κ1) is 23.1. The molecular weight excluding hydrogens is 402 g/mol. The molecule has 0 aliphatic rings. The standard InChI is InChI=1S/C27H29NO4/c1-5-31-25-14-13-21(27(30)28-23-10-8-9-20(16-23)19(4)29)15-22(25)17-32-26-12-7-6-11-24(26)18(2)3/h6-16,18H,5,17H2,1-4H3,(H,28,30). The zero-order valence-electron chi connectivity index (χ0n) is 19.0. The van der Waals surface area contributed by atoms with Crippen LogP contribution in [0.3, 0.4) is 0 Å². The summed E-state index contributed by atoms with van der Waals surface area (Å²) in [6.07, 6.45) is 0. The Morgan fingerprint density at radius 2 is 1.66 bits per heavy atom. The van der Waals surface area contributed by atoms with Gasteiger partial charge < -0.3 is 14.8 Å². The van der Waals surface area contributed by atoms with Crippen LogP contribution in [0.25, 0.3) is 0 Å². The Hall–Kier alpha value is -3.60. The van der Waals surface area contributed by atoms with E-state index in [1.54, 1.807) is 42.5 Å². The molecule has 5 heteroatoms. The summed E-state index contributed by atoms with van der Waals surface area (Å²) in [5, 5.41) is 2.86. The quantitative estimate of drug-likeness (QED) is 0.407. The minimum Gasteiger partial charge on any atom is -0.493 e. The Morgan fingerprint density at radius 3 is 2.38 bits per heavy atom. The first-order valence-electron chi connectivity index (χ1n) is 10.8. The number of rotatable bonds is 9. The van der Waals surface area contributed by atoms with Crippen molar-refractivity contribution in [3.05, 3.63) is 89.0 Å². The average Bonchev–Trinajstić information content (AvgIpc) is 2.78. The number of hydrogen-bond acceptors (Lipinski definition) is 4. The first-order valence-corrected chi connectivity index (χ1v) is 10.8. The minimum absolute atomic E-state index is 0.0525. The third kappa shape index (κ3) is 5.76. The van der Waals surface area contributed by atoms with E-state index in [1.807, 2.05) is 25.1 Å². The number of benzene rings is 3. The van der Waals surface area contributed by atoms with E-state index in [-0.39, 0.29) is 18.3 Å². The van der Waals surface area contributed by atoms with Crippen LogP contribution < -0.4 is 14.8 Å². The lowest BCUT2D eigenvalue weighted by Crippen LogP contribution is -2.13. The van der Waals surface area contributed by atoms with E-state index in [1.165, 1.54) is 6.92 Å². The molecule has 3 aromatic rings. The SMILES string of the molecule is CCOc1ccc(C(=O)Nc2cccc(C(C)=O)c2)cc1COc1ccccc1C(C)C. The summed E-state index contributed by atoms with van der Waals surface area (Å²) in [6, 6.07) is 20.1. The third-order valence-corrected chi connectivity index (χ3v) is 5.07. The fourth-order valence-electron chi connectivity index (χ4n) is 3.39. The van der Waals surface area contributed by atoms with Gasteiger partial charge in [-0.05, 0) is 61.7 Å². The van der Waals surface area contributed by atoms with Crippen LogP contribution in [0, 0.1) is 0 Å². The molecule has 0 fully saturated rings. The van der Waals surface area contributed by atoms with Crippen molar-refractivity contribution in [3.8, 4) is 11.5 Å². The topological polar surface area (TPSA) is 64.6 Å². The van der Waals surface area contributed by atoms with E-state index in [0.717, 1.165) is 16.9 Å². The maximum absolute atomic E-state index is 12.9. The monoisotopic (exact) mass is 431 g/mol. The van der Waals surface area contributed by atoms with Crippen molar-refractivity contribution in [2.75, 3.05) is 11.9 Å². The second-order valence-electron chi connectivity index (χ2n) is 7.83.